The Hall–Kier alpha value is -2.89. The van der Waals surface area contributed by atoms with Crippen LogP contribution in [0.4, 0.5) is 0 Å². The van der Waals surface area contributed by atoms with Crippen LogP contribution in [0.2, 0.25) is 0 Å². The SMILES string of the molecule is CC/C=C\C/C=C\C/C=C\CCCC(=O)OCC(COC(=O)CCCCCCCCCCCCCCCCCCCCC)OC(=O)CCCCCCC/C=C\C=C/CCCCCCCCC. The van der Waals surface area contributed by atoms with E-state index in [2.05, 4.69) is 81.5 Å². The normalized spacial score (nSPS) is 12.5. The summed E-state index contributed by atoms with van der Waals surface area (Å²) in [6, 6.07) is 0. The van der Waals surface area contributed by atoms with Crippen molar-refractivity contribution in [1.29, 1.82) is 0 Å². The molecule has 0 aromatic heterocycles. The van der Waals surface area contributed by atoms with E-state index < -0.39 is 6.10 Å². The second kappa shape index (κ2) is 54.7. The molecule has 0 N–H and O–H groups in total. The number of hydrogen-bond acceptors (Lipinski definition) is 6. The van der Waals surface area contributed by atoms with Crippen LogP contribution in [0.15, 0.2) is 60.8 Å². The molecule has 0 bridgehead atoms. The third-order valence-electron chi connectivity index (χ3n) is 12.3. The Balaban J connectivity index is 4.36. The summed E-state index contributed by atoms with van der Waals surface area (Å²) in [6.07, 6.45) is 68.0. The zero-order chi connectivity index (χ0) is 47.9. The Morgan fingerprint density at radius 3 is 1.06 bits per heavy atom. The summed E-state index contributed by atoms with van der Waals surface area (Å²) in [6.45, 7) is 6.48. The summed E-state index contributed by atoms with van der Waals surface area (Å²) in [5.74, 6) is -0.956. The van der Waals surface area contributed by atoms with Gasteiger partial charge in [0.25, 0.3) is 0 Å². The average molecular weight is 924 g/mol. The van der Waals surface area contributed by atoms with Gasteiger partial charge in [-0.1, -0.05) is 255 Å². The van der Waals surface area contributed by atoms with Gasteiger partial charge in [0.1, 0.15) is 13.2 Å². The van der Waals surface area contributed by atoms with Crippen LogP contribution in [0.1, 0.15) is 284 Å². The number of hydrogen-bond donors (Lipinski definition) is 0. The molecular weight excluding hydrogens is 817 g/mol. The van der Waals surface area contributed by atoms with Gasteiger partial charge in [0, 0.05) is 19.3 Å². The molecule has 0 aliphatic heterocycles. The van der Waals surface area contributed by atoms with Crippen LogP contribution in [0.5, 0.6) is 0 Å². The first-order valence-corrected chi connectivity index (χ1v) is 28.3. The lowest BCUT2D eigenvalue weighted by Gasteiger charge is -2.18. The monoisotopic (exact) mass is 923 g/mol. The van der Waals surface area contributed by atoms with E-state index in [9.17, 15) is 14.4 Å². The summed E-state index contributed by atoms with van der Waals surface area (Å²) < 4.78 is 16.8. The maximum atomic E-state index is 12.8. The topological polar surface area (TPSA) is 78.9 Å². The average Bonchev–Trinajstić information content (AvgIpc) is 3.31. The van der Waals surface area contributed by atoms with E-state index in [0.717, 1.165) is 83.5 Å². The third-order valence-corrected chi connectivity index (χ3v) is 12.3. The zero-order valence-electron chi connectivity index (χ0n) is 43.7. The van der Waals surface area contributed by atoms with E-state index in [1.54, 1.807) is 0 Å². The van der Waals surface area contributed by atoms with E-state index in [0.29, 0.717) is 19.3 Å². The van der Waals surface area contributed by atoms with Crippen LogP contribution >= 0.6 is 0 Å². The number of unbranched alkanes of at least 4 members (excludes halogenated alkanes) is 31. The molecule has 0 amide bonds. The molecule has 0 aliphatic carbocycles. The van der Waals surface area contributed by atoms with Gasteiger partial charge < -0.3 is 14.2 Å². The minimum atomic E-state index is -0.800. The molecule has 0 aromatic carbocycles. The first kappa shape index (κ1) is 63.1. The molecule has 0 saturated heterocycles. The molecule has 0 spiro atoms. The Labute approximate surface area is 409 Å². The lowest BCUT2D eigenvalue weighted by Crippen LogP contribution is -2.30. The first-order chi connectivity index (χ1) is 32.5. The van der Waals surface area contributed by atoms with Crippen LogP contribution in [-0.2, 0) is 28.6 Å². The lowest BCUT2D eigenvalue weighted by atomic mass is 10.0. The number of allylic oxidation sites excluding steroid dienone is 10. The van der Waals surface area contributed by atoms with Crippen molar-refractivity contribution in [3.05, 3.63) is 60.8 Å². The maximum Gasteiger partial charge on any atom is 0.306 e. The number of ether oxygens (including phenoxy) is 3. The standard InChI is InChI=1S/C60H106O6/c1-4-7-10-13-16-19-22-24-26-28-30-32-33-35-38-41-44-47-50-53-59(62)65-56-57(55-64-58(61)52-49-46-43-40-37-21-18-15-12-9-6-3)66-60(63)54-51-48-45-42-39-36-34-31-29-27-25-23-20-17-14-11-8-5-2/h9,12,18,21,27,29,31,34,40,43,57H,4-8,10-11,13-17,19-20,22-26,28,30,32-33,35-39,41-42,44-56H2,1-3H3/b12-9-,21-18-,29-27-,34-31-,43-40-. The van der Waals surface area contributed by atoms with Gasteiger partial charge in [-0.3, -0.25) is 14.4 Å². The van der Waals surface area contributed by atoms with Crippen molar-refractivity contribution >= 4 is 17.9 Å². The summed E-state index contributed by atoms with van der Waals surface area (Å²) in [7, 11) is 0. The van der Waals surface area contributed by atoms with E-state index in [1.807, 2.05) is 0 Å². The zero-order valence-corrected chi connectivity index (χ0v) is 43.7. The summed E-state index contributed by atoms with van der Waals surface area (Å²) in [5, 5.41) is 0. The molecule has 0 radical (unpaired) electrons. The highest BCUT2D eigenvalue weighted by molar-refractivity contribution is 5.71. The summed E-state index contributed by atoms with van der Waals surface area (Å²) in [5.41, 5.74) is 0. The predicted molar refractivity (Wildman–Crippen MR) is 284 cm³/mol. The number of carbonyl (C=O) groups is 3. The smallest absolute Gasteiger partial charge is 0.306 e. The molecule has 0 fully saturated rings. The minimum absolute atomic E-state index is 0.0939. The van der Waals surface area contributed by atoms with Crippen LogP contribution in [0.3, 0.4) is 0 Å². The lowest BCUT2D eigenvalue weighted by molar-refractivity contribution is -0.167. The van der Waals surface area contributed by atoms with Gasteiger partial charge in [-0.25, -0.2) is 0 Å². The maximum absolute atomic E-state index is 12.8. The van der Waals surface area contributed by atoms with Gasteiger partial charge in [0.05, 0.1) is 0 Å². The Bertz CT molecular complexity index is 1200. The van der Waals surface area contributed by atoms with Crippen molar-refractivity contribution in [2.45, 2.75) is 290 Å². The molecule has 1 atom stereocenters. The molecule has 0 saturated carbocycles. The van der Waals surface area contributed by atoms with Crippen molar-refractivity contribution in [2.24, 2.45) is 0 Å². The molecule has 382 valence electrons. The van der Waals surface area contributed by atoms with Crippen LogP contribution < -0.4 is 0 Å². The van der Waals surface area contributed by atoms with Gasteiger partial charge in [-0.15, -0.1) is 0 Å². The third kappa shape index (κ3) is 52.1. The van der Waals surface area contributed by atoms with Gasteiger partial charge in [-0.05, 0) is 70.6 Å². The van der Waals surface area contributed by atoms with Gasteiger partial charge in [0.2, 0.25) is 0 Å². The second-order valence-electron chi connectivity index (χ2n) is 18.9. The fourth-order valence-electron chi connectivity index (χ4n) is 8.05. The van der Waals surface area contributed by atoms with E-state index in [-0.39, 0.29) is 37.5 Å². The molecule has 0 aliphatic rings. The largest absolute Gasteiger partial charge is 0.462 e. The quantitative estimate of drug-likeness (QED) is 0.0199. The highest BCUT2D eigenvalue weighted by Crippen LogP contribution is 2.16. The molecule has 0 aromatic rings. The van der Waals surface area contributed by atoms with Crippen molar-refractivity contribution in [2.75, 3.05) is 13.2 Å². The molecule has 0 rings (SSSR count). The molecule has 66 heavy (non-hydrogen) atoms. The van der Waals surface area contributed by atoms with Crippen molar-refractivity contribution in [3.63, 3.8) is 0 Å². The van der Waals surface area contributed by atoms with Crippen molar-refractivity contribution in [3.8, 4) is 0 Å². The Morgan fingerprint density at radius 1 is 0.333 bits per heavy atom. The second-order valence-corrected chi connectivity index (χ2v) is 18.9. The van der Waals surface area contributed by atoms with Crippen molar-refractivity contribution < 1.29 is 28.6 Å². The fourth-order valence-corrected chi connectivity index (χ4v) is 8.05. The molecule has 6 nitrogen and oxygen atoms in total. The van der Waals surface area contributed by atoms with Crippen molar-refractivity contribution in [1.82, 2.24) is 0 Å². The molecule has 6 heteroatoms. The summed E-state index contributed by atoms with van der Waals surface area (Å²) >= 11 is 0. The molecule has 1 unspecified atom stereocenters. The van der Waals surface area contributed by atoms with Crippen LogP contribution in [0.25, 0.3) is 0 Å². The van der Waals surface area contributed by atoms with E-state index in [1.165, 1.54) is 154 Å². The highest BCUT2D eigenvalue weighted by Gasteiger charge is 2.19. The predicted octanol–water partition coefficient (Wildman–Crippen LogP) is 18.8. The number of esters is 3. The fraction of sp³-hybridized carbons (Fsp3) is 0.783. The Morgan fingerprint density at radius 2 is 0.652 bits per heavy atom. The first-order valence-electron chi connectivity index (χ1n) is 28.3. The number of carbonyl (C=O) groups excluding carboxylic acids is 3. The van der Waals surface area contributed by atoms with E-state index in [4.69, 9.17) is 14.2 Å². The Kier molecular flexibility index (Phi) is 52.3. The van der Waals surface area contributed by atoms with Crippen LogP contribution in [0, 0.1) is 0 Å². The number of rotatable bonds is 51. The van der Waals surface area contributed by atoms with Gasteiger partial charge in [-0.2, -0.15) is 0 Å². The van der Waals surface area contributed by atoms with E-state index >= 15 is 0 Å². The molecule has 0 heterocycles. The molecular formula is C60H106O6. The van der Waals surface area contributed by atoms with Gasteiger partial charge in [0.15, 0.2) is 6.10 Å². The van der Waals surface area contributed by atoms with Gasteiger partial charge >= 0.3 is 17.9 Å². The highest BCUT2D eigenvalue weighted by atomic mass is 16.6. The van der Waals surface area contributed by atoms with Crippen LogP contribution in [-0.4, -0.2) is 37.2 Å². The minimum Gasteiger partial charge on any atom is -0.462 e. The summed E-state index contributed by atoms with van der Waals surface area (Å²) in [4.78, 5) is 38.0.